The minimum atomic E-state index is 0.631. The average Bonchev–Trinajstić information content (AvgIpc) is 2.21. The Kier molecular flexibility index (Phi) is 7.41. The van der Waals surface area contributed by atoms with Crippen LogP contribution in [0.5, 0.6) is 0 Å². The van der Waals surface area contributed by atoms with E-state index in [2.05, 4.69) is 40.7 Å². The molecule has 0 unspecified atom stereocenters. The van der Waals surface area contributed by atoms with Gasteiger partial charge < -0.3 is 5.73 Å². The molecule has 0 aliphatic rings. The molecule has 0 spiro atoms. The van der Waals surface area contributed by atoms with E-state index in [4.69, 9.17) is 5.73 Å². The van der Waals surface area contributed by atoms with Crippen LogP contribution in [0.2, 0.25) is 0 Å². The normalized spacial score (nSPS) is 15.9. The largest absolute Gasteiger partial charge is 0.327 e. The van der Waals surface area contributed by atoms with Gasteiger partial charge in [-0.05, 0) is 38.5 Å². The van der Waals surface area contributed by atoms with Crippen LogP contribution in [0, 0.1) is 11.8 Å². The monoisotopic (exact) mass is 209 g/mol. The number of nitrogens with two attached hydrogens (primary N) is 1. The first-order valence-electron chi connectivity index (χ1n) is 6.06. The minimum absolute atomic E-state index is 0.631. The van der Waals surface area contributed by atoms with Crippen LogP contribution >= 0.6 is 0 Å². The fourth-order valence-corrected chi connectivity index (χ4v) is 1.92. The van der Waals surface area contributed by atoms with Gasteiger partial charge in [0, 0.05) is 6.54 Å². The molecule has 0 heterocycles. The highest BCUT2D eigenvalue weighted by Crippen LogP contribution is 2.25. The van der Waals surface area contributed by atoms with Gasteiger partial charge in [-0.1, -0.05) is 44.1 Å². The van der Waals surface area contributed by atoms with Gasteiger partial charge in [-0.25, -0.2) is 0 Å². The zero-order valence-electron chi connectivity index (χ0n) is 11.0. The van der Waals surface area contributed by atoms with E-state index in [9.17, 15) is 0 Å². The molecule has 15 heavy (non-hydrogen) atoms. The van der Waals surface area contributed by atoms with E-state index in [1.54, 1.807) is 0 Å². The lowest BCUT2D eigenvalue weighted by Crippen LogP contribution is -2.06. The van der Waals surface area contributed by atoms with E-state index in [0.29, 0.717) is 6.54 Å². The van der Waals surface area contributed by atoms with Gasteiger partial charge in [0.1, 0.15) is 0 Å². The summed E-state index contributed by atoms with van der Waals surface area (Å²) in [5.41, 5.74) is 8.36. The molecule has 0 fully saturated rings. The van der Waals surface area contributed by atoms with Crippen molar-refractivity contribution in [1.82, 2.24) is 0 Å². The predicted molar refractivity (Wildman–Crippen MR) is 69.8 cm³/mol. The maximum absolute atomic E-state index is 5.46. The van der Waals surface area contributed by atoms with Crippen molar-refractivity contribution >= 4 is 0 Å². The summed E-state index contributed by atoms with van der Waals surface area (Å²) in [5.74, 6) is 1.50. The maximum atomic E-state index is 5.46. The fourth-order valence-electron chi connectivity index (χ4n) is 1.92. The molecule has 1 heteroatoms. The van der Waals surface area contributed by atoms with Crippen LogP contribution in [-0.4, -0.2) is 6.54 Å². The first-order valence-corrected chi connectivity index (χ1v) is 6.06. The molecule has 0 amide bonds. The van der Waals surface area contributed by atoms with Gasteiger partial charge in [0.15, 0.2) is 0 Å². The summed E-state index contributed by atoms with van der Waals surface area (Å²) in [6, 6.07) is 0. The van der Waals surface area contributed by atoms with Gasteiger partial charge in [0.05, 0.1) is 0 Å². The van der Waals surface area contributed by atoms with Crippen molar-refractivity contribution in [2.24, 2.45) is 17.6 Å². The first-order chi connectivity index (χ1) is 7.02. The maximum Gasteiger partial charge on any atom is 0.0110 e. The third-order valence-corrected chi connectivity index (χ3v) is 2.99. The van der Waals surface area contributed by atoms with Crippen LogP contribution in [0.1, 0.15) is 47.5 Å². The molecule has 0 aromatic rings. The number of hydrogen-bond acceptors (Lipinski definition) is 1. The van der Waals surface area contributed by atoms with Gasteiger partial charge >= 0.3 is 0 Å². The zero-order chi connectivity index (χ0) is 11.8. The summed E-state index contributed by atoms with van der Waals surface area (Å²) >= 11 is 0. The third-order valence-electron chi connectivity index (χ3n) is 2.99. The average molecular weight is 209 g/mol. The minimum Gasteiger partial charge on any atom is -0.327 e. The Bertz CT molecular complexity index is 223. The molecule has 1 nitrogen and oxygen atoms in total. The molecule has 0 saturated carbocycles. The molecule has 0 aliphatic carbocycles. The van der Waals surface area contributed by atoms with E-state index in [0.717, 1.165) is 11.8 Å². The van der Waals surface area contributed by atoms with Crippen LogP contribution in [0.25, 0.3) is 0 Å². The van der Waals surface area contributed by atoms with Crippen LogP contribution in [0.15, 0.2) is 23.3 Å². The summed E-state index contributed by atoms with van der Waals surface area (Å²) < 4.78 is 0. The second-order valence-electron chi connectivity index (χ2n) is 4.74. The van der Waals surface area contributed by atoms with Gasteiger partial charge in [0.25, 0.3) is 0 Å². The van der Waals surface area contributed by atoms with E-state index in [1.807, 2.05) is 6.08 Å². The van der Waals surface area contributed by atoms with Crippen LogP contribution in [0.4, 0.5) is 0 Å². The fraction of sp³-hybridized carbons (Fsp3) is 0.714. The Balaban J connectivity index is 4.59. The Hall–Kier alpha value is -0.560. The Morgan fingerprint density at radius 1 is 1.27 bits per heavy atom. The second kappa shape index (κ2) is 7.70. The van der Waals surface area contributed by atoms with Gasteiger partial charge in [0.2, 0.25) is 0 Å². The number of rotatable bonds is 6. The molecule has 0 bridgehead atoms. The molecular weight excluding hydrogens is 182 g/mol. The van der Waals surface area contributed by atoms with Crippen molar-refractivity contribution in [2.75, 3.05) is 6.54 Å². The zero-order valence-corrected chi connectivity index (χ0v) is 11.0. The predicted octanol–water partition coefficient (Wildman–Crippen LogP) is 3.91. The van der Waals surface area contributed by atoms with Crippen molar-refractivity contribution in [2.45, 2.75) is 47.5 Å². The first kappa shape index (κ1) is 14.4. The molecule has 0 rings (SSSR count). The lowest BCUT2D eigenvalue weighted by molar-refractivity contribution is 0.445. The van der Waals surface area contributed by atoms with E-state index >= 15 is 0 Å². The van der Waals surface area contributed by atoms with E-state index in [-0.39, 0.29) is 0 Å². The molecule has 0 saturated heterocycles. The van der Waals surface area contributed by atoms with Crippen molar-refractivity contribution in [3.05, 3.63) is 23.3 Å². The summed E-state index contributed by atoms with van der Waals surface area (Å²) in [5, 5.41) is 0. The topological polar surface area (TPSA) is 26.0 Å². The SMILES string of the molecule is CC[C@H](CC(C)C)C(C)=C(C)/C=C\CN. The summed E-state index contributed by atoms with van der Waals surface area (Å²) in [6.07, 6.45) is 6.70. The third kappa shape index (κ3) is 5.78. The van der Waals surface area contributed by atoms with Crippen molar-refractivity contribution in [1.29, 1.82) is 0 Å². The molecule has 0 radical (unpaired) electrons. The summed E-state index contributed by atoms with van der Waals surface area (Å²) in [7, 11) is 0. The van der Waals surface area contributed by atoms with Gasteiger partial charge in [-0.2, -0.15) is 0 Å². The number of hydrogen-bond donors (Lipinski definition) is 1. The standard InChI is InChI=1S/C14H27N/c1-6-14(10-11(2)3)13(5)12(4)8-7-9-15/h7-8,11,14H,6,9-10,15H2,1-5H3/b8-7-,13-12?/t14-/m1/s1. The van der Waals surface area contributed by atoms with Gasteiger partial charge in [-0.3, -0.25) is 0 Å². The lowest BCUT2D eigenvalue weighted by atomic mass is 9.86. The molecule has 1 atom stereocenters. The Labute approximate surface area is 95.4 Å². The highest BCUT2D eigenvalue weighted by Gasteiger charge is 2.11. The Morgan fingerprint density at radius 2 is 1.87 bits per heavy atom. The molecule has 0 aromatic heterocycles. The summed E-state index contributed by atoms with van der Waals surface area (Å²) in [4.78, 5) is 0. The van der Waals surface area contributed by atoms with E-state index in [1.165, 1.54) is 24.0 Å². The highest BCUT2D eigenvalue weighted by atomic mass is 14.5. The van der Waals surface area contributed by atoms with Crippen LogP contribution in [-0.2, 0) is 0 Å². The second-order valence-corrected chi connectivity index (χ2v) is 4.74. The summed E-state index contributed by atoms with van der Waals surface area (Å²) in [6.45, 7) is 11.9. The molecule has 0 aromatic carbocycles. The molecular formula is C14H27N. The lowest BCUT2D eigenvalue weighted by Gasteiger charge is -2.19. The van der Waals surface area contributed by atoms with E-state index < -0.39 is 0 Å². The Morgan fingerprint density at radius 3 is 2.27 bits per heavy atom. The molecule has 2 N–H and O–H groups in total. The van der Waals surface area contributed by atoms with Crippen LogP contribution < -0.4 is 5.73 Å². The highest BCUT2D eigenvalue weighted by molar-refractivity contribution is 5.24. The quantitative estimate of drug-likeness (QED) is 0.659. The molecule has 88 valence electrons. The van der Waals surface area contributed by atoms with Crippen molar-refractivity contribution in [3.63, 3.8) is 0 Å². The smallest absolute Gasteiger partial charge is 0.0110 e. The van der Waals surface area contributed by atoms with Gasteiger partial charge in [-0.15, -0.1) is 0 Å². The van der Waals surface area contributed by atoms with Crippen molar-refractivity contribution in [3.8, 4) is 0 Å². The van der Waals surface area contributed by atoms with Crippen molar-refractivity contribution < 1.29 is 0 Å². The van der Waals surface area contributed by atoms with Crippen LogP contribution in [0.3, 0.4) is 0 Å². The number of allylic oxidation sites excluding steroid dienone is 3. The molecule has 0 aliphatic heterocycles.